The summed E-state index contributed by atoms with van der Waals surface area (Å²) in [5.41, 5.74) is 1.78. The second-order valence-corrected chi connectivity index (χ2v) is 17.1. The second-order valence-electron chi connectivity index (χ2n) is 15.2. The van der Waals surface area contributed by atoms with Crippen molar-refractivity contribution in [3.05, 3.63) is 138 Å². The number of carbonyl (C=O) groups is 3. The lowest BCUT2D eigenvalue weighted by Gasteiger charge is -2.43. The zero-order chi connectivity index (χ0) is 42.1. The number of sulfonamides is 1. The van der Waals surface area contributed by atoms with Gasteiger partial charge in [0.05, 0.1) is 18.1 Å². The molecule has 2 fully saturated rings. The Labute approximate surface area is 343 Å². The van der Waals surface area contributed by atoms with Crippen LogP contribution in [0.3, 0.4) is 0 Å². The molecule has 0 aromatic heterocycles. The van der Waals surface area contributed by atoms with Crippen LogP contribution in [0, 0.1) is 23.5 Å². The maximum Gasteiger partial charge on any atom is 0.410 e. The summed E-state index contributed by atoms with van der Waals surface area (Å²) in [6.07, 6.45) is -0.605. The maximum absolute atomic E-state index is 14.3. The molecule has 0 spiro atoms. The number of alkyl carbamates (subject to hydrolysis) is 1. The van der Waals surface area contributed by atoms with E-state index >= 15 is 0 Å². The Morgan fingerprint density at radius 3 is 2.03 bits per heavy atom. The van der Waals surface area contributed by atoms with Crippen LogP contribution in [0.4, 0.5) is 18.4 Å². The first-order valence-corrected chi connectivity index (χ1v) is 21.1. The van der Waals surface area contributed by atoms with Crippen LogP contribution in [0.15, 0.2) is 114 Å². The third-order valence-electron chi connectivity index (χ3n) is 11.4. The van der Waals surface area contributed by atoms with Gasteiger partial charge in [-0.05, 0) is 90.6 Å². The number of methoxy groups -OCH3 is 1. The molecule has 0 bridgehead atoms. The van der Waals surface area contributed by atoms with Crippen molar-refractivity contribution in [2.75, 3.05) is 26.7 Å². The smallest absolute Gasteiger partial charge is 0.410 e. The number of halogens is 2. The van der Waals surface area contributed by atoms with Crippen LogP contribution in [-0.2, 0) is 30.9 Å². The number of nitrogens with zero attached hydrogens (tertiary/aromatic N) is 2. The minimum absolute atomic E-state index is 0.0609. The first kappa shape index (κ1) is 43.2. The van der Waals surface area contributed by atoms with E-state index in [2.05, 4.69) is 10.6 Å². The molecule has 1 aliphatic heterocycles. The first-order valence-electron chi connectivity index (χ1n) is 19.7. The highest BCUT2D eigenvalue weighted by atomic mass is 32.2. The van der Waals surface area contributed by atoms with Crippen molar-refractivity contribution < 1.29 is 46.2 Å². The molecule has 3 N–H and O–H groups in total. The van der Waals surface area contributed by atoms with E-state index in [-0.39, 0.29) is 49.4 Å². The van der Waals surface area contributed by atoms with Gasteiger partial charge < -0.3 is 30.1 Å². The molecule has 314 valence electrons. The third kappa shape index (κ3) is 10.8. The van der Waals surface area contributed by atoms with Gasteiger partial charge in [-0.15, -0.1) is 0 Å². The number of hydrogen-bond acceptors (Lipinski definition) is 8. The molecule has 1 saturated heterocycles. The van der Waals surface area contributed by atoms with Crippen molar-refractivity contribution in [1.29, 1.82) is 0 Å². The van der Waals surface area contributed by atoms with Crippen LogP contribution in [-0.4, -0.2) is 91.8 Å². The van der Waals surface area contributed by atoms with E-state index in [9.17, 15) is 36.7 Å². The summed E-state index contributed by atoms with van der Waals surface area (Å²) in [5.74, 6) is -3.00. The Morgan fingerprint density at radius 2 is 1.44 bits per heavy atom. The van der Waals surface area contributed by atoms with Crippen molar-refractivity contribution in [2.45, 2.75) is 74.3 Å². The second kappa shape index (κ2) is 19.6. The van der Waals surface area contributed by atoms with Gasteiger partial charge in [0.25, 0.3) is 0 Å². The van der Waals surface area contributed by atoms with Gasteiger partial charge in [-0.25, -0.2) is 26.8 Å². The quantitative estimate of drug-likeness (QED) is 0.136. The van der Waals surface area contributed by atoms with E-state index in [0.29, 0.717) is 30.4 Å². The molecule has 0 radical (unpaired) electrons. The number of ether oxygens (including phenoxy) is 2. The van der Waals surface area contributed by atoms with E-state index in [1.54, 1.807) is 30.3 Å². The minimum Gasteiger partial charge on any atom is -0.453 e. The molecule has 2 aliphatic rings. The molecular formula is C44H50F2N4O8S. The molecule has 4 aromatic rings. The van der Waals surface area contributed by atoms with Crippen LogP contribution < -0.4 is 10.6 Å². The number of piperazine rings is 1. The molecule has 12 nitrogen and oxygen atoms in total. The monoisotopic (exact) mass is 832 g/mol. The molecule has 1 saturated carbocycles. The zero-order valence-corrected chi connectivity index (χ0v) is 33.8. The molecule has 59 heavy (non-hydrogen) atoms. The lowest BCUT2D eigenvalue weighted by Crippen LogP contribution is -2.58. The average Bonchev–Trinajstić information content (AvgIpc) is 3.60. The van der Waals surface area contributed by atoms with E-state index in [1.807, 2.05) is 37.3 Å². The lowest BCUT2D eigenvalue weighted by molar-refractivity contribution is -0.124. The Hall–Kier alpha value is -5.38. The molecule has 6 unspecified atom stereocenters. The summed E-state index contributed by atoms with van der Waals surface area (Å²) in [5, 5.41) is 16.5. The van der Waals surface area contributed by atoms with Crippen molar-refractivity contribution >= 4 is 28.1 Å². The van der Waals surface area contributed by atoms with E-state index in [0.717, 1.165) is 12.7 Å². The summed E-state index contributed by atoms with van der Waals surface area (Å²) in [6.45, 7) is 2.31. The normalized spacial score (nSPS) is 20.7. The molecule has 6 rings (SSSR count). The number of amides is 3. The molecule has 6 atom stereocenters. The number of aliphatic hydroxyl groups is 1. The van der Waals surface area contributed by atoms with Crippen molar-refractivity contribution in [2.24, 2.45) is 11.8 Å². The number of benzene rings is 4. The van der Waals surface area contributed by atoms with Crippen LogP contribution in [0.25, 0.3) is 0 Å². The van der Waals surface area contributed by atoms with Crippen LogP contribution >= 0.6 is 0 Å². The molecule has 3 amide bonds. The molecule has 4 aromatic carbocycles. The SMILES string of the molecule is COC(=O)NC(C(=O)NC1CC(O)CC1CCC(C)C1CN(C(=O)OCc2ccccc2)CCN1S(=O)(=O)c1ccccc1)C(c1ccc(F)cc1)c1ccc(F)cc1. The van der Waals surface area contributed by atoms with Gasteiger partial charge in [0.2, 0.25) is 15.9 Å². The van der Waals surface area contributed by atoms with Gasteiger partial charge in [0.15, 0.2) is 0 Å². The van der Waals surface area contributed by atoms with Crippen LogP contribution in [0.2, 0.25) is 0 Å². The topological polar surface area (TPSA) is 155 Å². The van der Waals surface area contributed by atoms with Gasteiger partial charge in [0, 0.05) is 37.6 Å². The molecular weight excluding hydrogens is 783 g/mol. The maximum atomic E-state index is 14.3. The third-order valence-corrected chi connectivity index (χ3v) is 13.3. The van der Waals surface area contributed by atoms with Crippen molar-refractivity contribution in [3.63, 3.8) is 0 Å². The van der Waals surface area contributed by atoms with Gasteiger partial charge in [-0.2, -0.15) is 4.31 Å². The first-order chi connectivity index (χ1) is 28.3. The Balaban J connectivity index is 1.20. The van der Waals surface area contributed by atoms with Crippen LogP contribution in [0.5, 0.6) is 0 Å². The van der Waals surface area contributed by atoms with Crippen LogP contribution in [0.1, 0.15) is 55.2 Å². The van der Waals surface area contributed by atoms with E-state index in [4.69, 9.17) is 9.47 Å². The molecule has 1 heterocycles. The summed E-state index contributed by atoms with van der Waals surface area (Å²) in [7, 11) is -2.79. The van der Waals surface area contributed by atoms with E-state index in [1.165, 1.54) is 57.7 Å². The number of hydrogen-bond donors (Lipinski definition) is 3. The number of aliphatic hydroxyl groups excluding tert-OH is 1. The van der Waals surface area contributed by atoms with Gasteiger partial charge in [-0.3, -0.25) is 4.79 Å². The Bertz CT molecular complexity index is 2090. The van der Waals surface area contributed by atoms with Crippen molar-refractivity contribution in [3.8, 4) is 0 Å². The summed E-state index contributed by atoms with van der Waals surface area (Å²) < 4.78 is 68.1. The zero-order valence-electron chi connectivity index (χ0n) is 33.0. The molecule has 15 heteroatoms. The number of carbonyl (C=O) groups excluding carboxylic acids is 3. The van der Waals surface area contributed by atoms with Crippen molar-refractivity contribution in [1.82, 2.24) is 19.8 Å². The number of nitrogens with one attached hydrogen (secondary N) is 2. The Kier molecular flexibility index (Phi) is 14.3. The summed E-state index contributed by atoms with van der Waals surface area (Å²) >= 11 is 0. The van der Waals surface area contributed by atoms with Gasteiger partial charge in [-0.1, -0.05) is 79.7 Å². The lowest BCUT2D eigenvalue weighted by atomic mass is 9.84. The fraction of sp³-hybridized carbons (Fsp3) is 0.386. The predicted molar refractivity (Wildman–Crippen MR) is 215 cm³/mol. The van der Waals surface area contributed by atoms with E-state index < -0.39 is 69.9 Å². The Morgan fingerprint density at radius 1 is 0.847 bits per heavy atom. The molecule has 1 aliphatic carbocycles. The summed E-state index contributed by atoms with van der Waals surface area (Å²) in [6, 6.07) is 25.9. The largest absolute Gasteiger partial charge is 0.453 e. The fourth-order valence-corrected chi connectivity index (χ4v) is 9.92. The highest BCUT2D eigenvalue weighted by Gasteiger charge is 2.42. The van der Waals surface area contributed by atoms with Gasteiger partial charge in [0.1, 0.15) is 24.3 Å². The average molecular weight is 833 g/mol. The highest BCUT2D eigenvalue weighted by molar-refractivity contribution is 7.89. The standard InChI is InChI=1S/C44H50F2N4O8S/c1-29(39-27-49(44(54)58-28-30-9-5-3-6-10-30)23-24-50(39)59(55,56)37-11-7-4-8-12-37)13-14-33-25-36(51)26-38(33)47-42(52)41(48-43(53)57-2)40(31-15-19-34(45)20-16-31)32-17-21-35(46)22-18-32/h3-12,15-22,29,33,36,38-41,51H,13-14,23-28H2,1-2H3,(H,47,52)(H,48,53). The minimum atomic E-state index is -3.94. The number of rotatable bonds is 14. The summed E-state index contributed by atoms with van der Waals surface area (Å²) in [4.78, 5) is 42.0. The van der Waals surface area contributed by atoms with Gasteiger partial charge >= 0.3 is 12.2 Å². The predicted octanol–water partition coefficient (Wildman–Crippen LogP) is 6.21. The highest BCUT2D eigenvalue weighted by Crippen LogP contribution is 2.35. The fourth-order valence-electron chi connectivity index (χ4n) is 8.20.